The molecule has 2 aromatic rings. The van der Waals surface area contributed by atoms with Crippen molar-refractivity contribution in [2.24, 2.45) is 0 Å². The summed E-state index contributed by atoms with van der Waals surface area (Å²) in [4.78, 5) is 2.50. The van der Waals surface area contributed by atoms with Crippen molar-refractivity contribution >= 4 is 32.5 Å². The number of fused-ring (bicyclic) bond motifs is 1. The Bertz CT molecular complexity index is 652. The van der Waals surface area contributed by atoms with Crippen LogP contribution in [-0.4, -0.2) is 22.9 Å². The molecule has 2 fully saturated rings. The largest absolute Gasteiger partial charge is 0.371 e. The smallest absolute Gasteiger partial charge is 0.0944 e. The lowest BCUT2D eigenvalue weighted by Gasteiger charge is -2.29. The fourth-order valence-corrected chi connectivity index (χ4v) is 4.39. The number of benzene rings is 1. The molecular weight excluding hydrogens is 338 g/mol. The number of hydrogen-bond donors (Lipinski definition) is 0. The van der Waals surface area contributed by atoms with Crippen LogP contribution in [0.25, 0.3) is 10.9 Å². The molecule has 4 rings (SSSR count). The predicted octanol–water partition coefficient (Wildman–Crippen LogP) is 5.11. The Balaban J connectivity index is 1.67. The minimum Gasteiger partial charge on any atom is -0.371 e. The summed E-state index contributed by atoms with van der Waals surface area (Å²) in [7, 11) is 0. The Morgan fingerprint density at radius 1 is 1.09 bits per heavy atom. The van der Waals surface area contributed by atoms with Gasteiger partial charge in [0.05, 0.1) is 17.2 Å². The molecule has 1 saturated carbocycles. The van der Waals surface area contributed by atoms with E-state index >= 15 is 0 Å². The van der Waals surface area contributed by atoms with E-state index in [2.05, 4.69) is 50.3 Å². The third-order valence-electron chi connectivity index (χ3n) is 5.05. The van der Waals surface area contributed by atoms with Crippen molar-refractivity contribution in [2.45, 2.75) is 51.0 Å². The van der Waals surface area contributed by atoms with Crippen LogP contribution < -0.4 is 4.90 Å². The molecule has 4 heteroatoms. The SMILES string of the molecule is Brc1cc2cn(C3C[CH]CCC3)nc2cc1N1CCCCC1. The highest BCUT2D eigenvalue weighted by Gasteiger charge is 2.19. The average molecular weight is 361 g/mol. The molecule has 1 saturated heterocycles. The molecule has 1 aromatic carbocycles. The molecule has 1 aliphatic heterocycles. The second-order valence-corrected chi connectivity index (χ2v) is 7.48. The van der Waals surface area contributed by atoms with E-state index in [-0.39, 0.29) is 0 Å². The summed E-state index contributed by atoms with van der Waals surface area (Å²) in [6.07, 6.45) is 13.6. The molecule has 1 aliphatic carbocycles. The van der Waals surface area contributed by atoms with Crippen molar-refractivity contribution < 1.29 is 0 Å². The van der Waals surface area contributed by atoms with Crippen molar-refractivity contribution in [3.8, 4) is 0 Å². The van der Waals surface area contributed by atoms with Crippen LogP contribution in [-0.2, 0) is 0 Å². The van der Waals surface area contributed by atoms with Crippen LogP contribution in [0.15, 0.2) is 22.8 Å². The molecule has 2 aliphatic rings. The molecule has 0 amide bonds. The van der Waals surface area contributed by atoms with E-state index in [1.165, 1.54) is 67.2 Å². The standard InChI is InChI=1S/C18H23BrN3/c19-16-11-14-13-22(15-7-3-1-4-8-15)20-17(14)12-18(16)21-9-5-2-6-10-21/h3,11-13,15H,1-2,4-10H2. The minimum absolute atomic E-state index is 0.554. The molecular formula is C18H23BrN3. The molecule has 3 nitrogen and oxygen atoms in total. The summed E-state index contributed by atoms with van der Waals surface area (Å²) in [5.41, 5.74) is 2.45. The first-order valence-corrected chi connectivity index (χ1v) is 9.35. The van der Waals surface area contributed by atoms with E-state index in [1.807, 2.05) is 0 Å². The molecule has 117 valence electrons. The molecule has 1 radical (unpaired) electrons. The van der Waals surface area contributed by atoms with Gasteiger partial charge < -0.3 is 4.90 Å². The van der Waals surface area contributed by atoms with Crippen molar-refractivity contribution in [1.29, 1.82) is 0 Å². The molecule has 0 bridgehead atoms. The summed E-state index contributed by atoms with van der Waals surface area (Å²) in [5.74, 6) is 0. The number of nitrogens with zero attached hydrogens (tertiary/aromatic N) is 3. The van der Waals surface area contributed by atoms with Crippen molar-refractivity contribution in [3.63, 3.8) is 0 Å². The van der Waals surface area contributed by atoms with Crippen LogP contribution in [0.1, 0.15) is 51.0 Å². The Labute approximate surface area is 140 Å². The lowest BCUT2D eigenvalue weighted by molar-refractivity contribution is 0.375. The van der Waals surface area contributed by atoms with Gasteiger partial charge in [-0.3, -0.25) is 4.68 Å². The normalized spacial score (nSPS) is 20.7. The van der Waals surface area contributed by atoms with E-state index < -0.39 is 0 Å². The first-order chi connectivity index (χ1) is 10.8. The van der Waals surface area contributed by atoms with Gasteiger partial charge in [0, 0.05) is 29.1 Å². The topological polar surface area (TPSA) is 21.1 Å². The third kappa shape index (κ3) is 2.78. The van der Waals surface area contributed by atoms with Gasteiger partial charge in [-0.25, -0.2) is 0 Å². The zero-order valence-electron chi connectivity index (χ0n) is 13.0. The summed E-state index contributed by atoms with van der Waals surface area (Å²) in [5, 5.41) is 6.13. The molecule has 22 heavy (non-hydrogen) atoms. The predicted molar refractivity (Wildman–Crippen MR) is 95.3 cm³/mol. The van der Waals surface area contributed by atoms with E-state index in [9.17, 15) is 0 Å². The van der Waals surface area contributed by atoms with Crippen molar-refractivity contribution in [3.05, 3.63) is 29.2 Å². The monoisotopic (exact) mass is 360 g/mol. The Hall–Kier alpha value is -1.03. The molecule has 2 heterocycles. The maximum atomic E-state index is 4.88. The van der Waals surface area contributed by atoms with Gasteiger partial charge in [-0.2, -0.15) is 5.10 Å². The van der Waals surface area contributed by atoms with Crippen LogP contribution in [0.3, 0.4) is 0 Å². The van der Waals surface area contributed by atoms with Crippen molar-refractivity contribution in [2.75, 3.05) is 18.0 Å². The molecule has 0 spiro atoms. The molecule has 1 aromatic heterocycles. The van der Waals surface area contributed by atoms with E-state index in [1.54, 1.807) is 0 Å². The zero-order valence-corrected chi connectivity index (χ0v) is 14.6. The van der Waals surface area contributed by atoms with Crippen LogP contribution in [0.2, 0.25) is 0 Å². The quantitative estimate of drug-likeness (QED) is 0.741. The number of halogens is 1. The molecule has 1 atom stereocenters. The fourth-order valence-electron chi connectivity index (χ4n) is 3.78. The van der Waals surface area contributed by atoms with Gasteiger partial charge in [-0.1, -0.05) is 12.8 Å². The number of piperidine rings is 1. The highest BCUT2D eigenvalue weighted by Crippen LogP contribution is 2.34. The van der Waals surface area contributed by atoms with Crippen LogP contribution >= 0.6 is 15.9 Å². The number of anilines is 1. The number of hydrogen-bond acceptors (Lipinski definition) is 2. The molecule has 1 unspecified atom stereocenters. The van der Waals surface area contributed by atoms with Crippen molar-refractivity contribution in [1.82, 2.24) is 9.78 Å². The summed E-state index contributed by atoms with van der Waals surface area (Å²) < 4.78 is 3.41. The molecule has 0 N–H and O–H groups in total. The fraction of sp³-hybridized carbons (Fsp3) is 0.556. The van der Waals surface area contributed by atoms with E-state index in [4.69, 9.17) is 5.10 Å². The first kappa shape index (κ1) is 14.6. The Kier molecular flexibility index (Phi) is 4.12. The van der Waals surface area contributed by atoms with E-state index in [0.29, 0.717) is 6.04 Å². The number of aromatic nitrogens is 2. The lowest BCUT2D eigenvalue weighted by Crippen LogP contribution is -2.29. The van der Waals surface area contributed by atoms with Gasteiger partial charge >= 0.3 is 0 Å². The maximum absolute atomic E-state index is 4.88. The lowest BCUT2D eigenvalue weighted by atomic mass is 9.96. The average Bonchev–Trinajstić information content (AvgIpc) is 2.98. The number of rotatable bonds is 2. The van der Waals surface area contributed by atoms with Gasteiger partial charge in [-0.15, -0.1) is 0 Å². The van der Waals surface area contributed by atoms with E-state index in [0.717, 1.165) is 11.9 Å². The maximum Gasteiger partial charge on any atom is 0.0944 e. The van der Waals surface area contributed by atoms with Crippen LogP contribution in [0, 0.1) is 6.42 Å². The van der Waals surface area contributed by atoms with Gasteiger partial charge in [0.2, 0.25) is 0 Å². The van der Waals surface area contributed by atoms with Crippen LogP contribution in [0.4, 0.5) is 5.69 Å². The zero-order chi connectivity index (χ0) is 14.9. The highest BCUT2D eigenvalue weighted by molar-refractivity contribution is 9.10. The summed E-state index contributed by atoms with van der Waals surface area (Å²) in [6.45, 7) is 2.34. The van der Waals surface area contributed by atoms with Gasteiger partial charge in [0.25, 0.3) is 0 Å². The third-order valence-corrected chi connectivity index (χ3v) is 5.68. The minimum atomic E-state index is 0.554. The second-order valence-electron chi connectivity index (χ2n) is 6.63. The Morgan fingerprint density at radius 2 is 1.95 bits per heavy atom. The van der Waals surface area contributed by atoms with Crippen LogP contribution in [0.5, 0.6) is 0 Å². The van der Waals surface area contributed by atoms with Gasteiger partial charge in [-0.05, 0) is 66.6 Å². The summed E-state index contributed by atoms with van der Waals surface area (Å²) in [6, 6.07) is 5.07. The highest BCUT2D eigenvalue weighted by atomic mass is 79.9. The Morgan fingerprint density at radius 3 is 2.73 bits per heavy atom. The summed E-state index contributed by atoms with van der Waals surface area (Å²) >= 11 is 3.77. The second kappa shape index (κ2) is 6.23. The van der Waals surface area contributed by atoms with Gasteiger partial charge in [0.1, 0.15) is 0 Å². The van der Waals surface area contributed by atoms with Gasteiger partial charge in [0.15, 0.2) is 0 Å². The first-order valence-electron chi connectivity index (χ1n) is 8.56.